The summed E-state index contributed by atoms with van der Waals surface area (Å²) in [7, 11) is 0. The van der Waals surface area contributed by atoms with Crippen LogP contribution in [0.2, 0.25) is 0 Å². The molecule has 0 radical (unpaired) electrons. The highest BCUT2D eigenvalue weighted by Gasteiger charge is 2.30. The maximum Gasteiger partial charge on any atom is 0.220 e. The molecule has 1 aliphatic carbocycles. The lowest BCUT2D eigenvalue weighted by Gasteiger charge is -2.32. The molecular formula is C18H25NO2S. The van der Waals surface area contributed by atoms with E-state index in [0.29, 0.717) is 18.9 Å². The molecule has 0 bridgehead atoms. The molecule has 1 aliphatic heterocycles. The second kappa shape index (κ2) is 7.05. The van der Waals surface area contributed by atoms with Crippen LogP contribution in [0, 0.1) is 0 Å². The van der Waals surface area contributed by atoms with Crippen LogP contribution in [-0.2, 0) is 11.2 Å². The fraction of sp³-hybridized carbons (Fsp3) is 0.611. The Morgan fingerprint density at radius 3 is 2.91 bits per heavy atom. The van der Waals surface area contributed by atoms with Crippen LogP contribution in [-0.4, -0.2) is 34.7 Å². The van der Waals surface area contributed by atoms with Gasteiger partial charge in [0.05, 0.1) is 5.60 Å². The fourth-order valence-corrected chi connectivity index (χ4v) is 4.81. The summed E-state index contributed by atoms with van der Waals surface area (Å²) in [5, 5.41) is 13.4. The Morgan fingerprint density at radius 1 is 1.32 bits per heavy atom. The number of hydrogen-bond donors (Lipinski definition) is 2. The molecule has 2 aliphatic rings. The van der Waals surface area contributed by atoms with Crippen LogP contribution in [0.25, 0.3) is 0 Å². The predicted molar refractivity (Wildman–Crippen MR) is 91.3 cm³/mol. The van der Waals surface area contributed by atoms with E-state index in [1.165, 1.54) is 11.1 Å². The summed E-state index contributed by atoms with van der Waals surface area (Å²) >= 11 is 1.88. The minimum absolute atomic E-state index is 0.0772. The monoisotopic (exact) mass is 319 g/mol. The Bertz CT molecular complexity index is 526. The van der Waals surface area contributed by atoms with Gasteiger partial charge in [-0.3, -0.25) is 4.79 Å². The second-order valence-corrected chi connectivity index (χ2v) is 7.83. The van der Waals surface area contributed by atoms with Gasteiger partial charge in [0.2, 0.25) is 5.91 Å². The van der Waals surface area contributed by atoms with Crippen molar-refractivity contribution in [2.45, 2.75) is 50.0 Å². The Morgan fingerprint density at radius 2 is 2.09 bits per heavy atom. The number of nitrogens with one attached hydrogen (secondary N) is 1. The van der Waals surface area contributed by atoms with Crippen molar-refractivity contribution >= 4 is 17.7 Å². The lowest BCUT2D eigenvalue weighted by molar-refractivity contribution is -0.122. The number of thioether (sulfide) groups is 1. The van der Waals surface area contributed by atoms with E-state index in [0.717, 1.165) is 43.6 Å². The SMILES string of the molecule is O=C(CC1CCCc2ccccc21)NCC1(O)CCSCC1. The number of carbonyl (C=O) groups excluding carboxylic acids is 1. The molecule has 4 heteroatoms. The first-order chi connectivity index (χ1) is 10.7. The van der Waals surface area contributed by atoms with E-state index in [-0.39, 0.29) is 5.91 Å². The molecule has 1 atom stereocenters. The lowest BCUT2D eigenvalue weighted by atomic mass is 9.81. The molecule has 1 fully saturated rings. The van der Waals surface area contributed by atoms with Crippen molar-refractivity contribution in [3.8, 4) is 0 Å². The van der Waals surface area contributed by atoms with Crippen LogP contribution in [0.4, 0.5) is 0 Å². The van der Waals surface area contributed by atoms with Crippen molar-refractivity contribution < 1.29 is 9.90 Å². The molecule has 120 valence electrons. The molecule has 0 aromatic heterocycles. The number of aliphatic hydroxyl groups is 1. The number of rotatable bonds is 4. The summed E-state index contributed by atoms with van der Waals surface area (Å²) in [6.45, 7) is 0.404. The van der Waals surface area contributed by atoms with Crippen LogP contribution in [0.1, 0.15) is 49.1 Å². The van der Waals surface area contributed by atoms with E-state index in [9.17, 15) is 9.90 Å². The van der Waals surface area contributed by atoms with E-state index < -0.39 is 5.60 Å². The zero-order valence-corrected chi connectivity index (χ0v) is 13.8. The largest absolute Gasteiger partial charge is 0.388 e. The molecule has 0 spiro atoms. The number of benzene rings is 1. The molecule has 22 heavy (non-hydrogen) atoms. The molecule has 1 aromatic rings. The predicted octanol–water partition coefficient (Wildman–Crippen LogP) is 2.87. The van der Waals surface area contributed by atoms with E-state index in [4.69, 9.17) is 0 Å². The average molecular weight is 319 g/mol. The van der Waals surface area contributed by atoms with Gasteiger partial charge in [-0.2, -0.15) is 11.8 Å². The first-order valence-electron chi connectivity index (χ1n) is 8.31. The van der Waals surface area contributed by atoms with Crippen LogP contribution >= 0.6 is 11.8 Å². The van der Waals surface area contributed by atoms with Crippen LogP contribution in [0.5, 0.6) is 0 Å². The maximum absolute atomic E-state index is 12.3. The summed E-state index contributed by atoms with van der Waals surface area (Å²) < 4.78 is 0. The van der Waals surface area contributed by atoms with Gasteiger partial charge in [-0.25, -0.2) is 0 Å². The minimum Gasteiger partial charge on any atom is -0.388 e. The third kappa shape index (κ3) is 3.85. The summed E-state index contributed by atoms with van der Waals surface area (Å²) in [5.41, 5.74) is 2.05. The van der Waals surface area contributed by atoms with Crippen LogP contribution < -0.4 is 5.32 Å². The molecule has 1 amide bonds. The van der Waals surface area contributed by atoms with E-state index in [1.807, 2.05) is 11.8 Å². The zero-order valence-electron chi connectivity index (χ0n) is 13.0. The molecule has 1 heterocycles. The smallest absolute Gasteiger partial charge is 0.220 e. The van der Waals surface area contributed by atoms with E-state index in [1.54, 1.807) is 0 Å². The van der Waals surface area contributed by atoms with Gasteiger partial charge in [-0.05, 0) is 60.7 Å². The summed E-state index contributed by atoms with van der Waals surface area (Å²) in [5.74, 6) is 2.39. The van der Waals surface area contributed by atoms with Gasteiger partial charge in [-0.15, -0.1) is 0 Å². The standard InChI is InChI=1S/C18H25NO2S/c20-17(19-13-18(21)8-10-22-11-9-18)12-15-6-3-5-14-4-1-2-7-16(14)15/h1-2,4,7,15,21H,3,5-6,8-13H2,(H,19,20). The highest BCUT2D eigenvalue weighted by molar-refractivity contribution is 7.99. The van der Waals surface area contributed by atoms with Gasteiger partial charge in [0.25, 0.3) is 0 Å². The normalized spacial score (nSPS) is 23.6. The summed E-state index contributed by atoms with van der Waals surface area (Å²) in [6, 6.07) is 8.50. The van der Waals surface area contributed by atoms with Gasteiger partial charge in [0, 0.05) is 13.0 Å². The zero-order chi connectivity index (χ0) is 15.4. The molecule has 0 saturated carbocycles. The Kier molecular flexibility index (Phi) is 5.09. The van der Waals surface area contributed by atoms with Crippen molar-refractivity contribution in [2.75, 3.05) is 18.1 Å². The Balaban J connectivity index is 1.54. The van der Waals surface area contributed by atoms with Crippen molar-refractivity contribution in [1.29, 1.82) is 0 Å². The highest BCUT2D eigenvalue weighted by atomic mass is 32.2. The lowest BCUT2D eigenvalue weighted by Crippen LogP contribution is -2.45. The van der Waals surface area contributed by atoms with Crippen molar-refractivity contribution in [1.82, 2.24) is 5.32 Å². The quantitative estimate of drug-likeness (QED) is 0.897. The van der Waals surface area contributed by atoms with Gasteiger partial charge < -0.3 is 10.4 Å². The number of fused-ring (bicyclic) bond motifs is 1. The maximum atomic E-state index is 12.3. The van der Waals surface area contributed by atoms with Gasteiger partial charge in [0.15, 0.2) is 0 Å². The van der Waals surface area contributed by atoms with Crippen molar-refractivity contribution in [3.63, 3.8) is 0 Å². The molecule has 2 N–H and O–H groups in total. The number of amides is 1. The second-order valence-electron chi connectivity index (χ2n) is 6.61. The molecular weight excluding hydrogens is 294 g/mol. The Hall–Kier alpha value is -1.00. The third-order valence-corrected chi connectivity index (χ3v) is 5.95. The summed E-state index contributed by atoms with van der Waals surface area (Å²) in [6.07, 6.45) is 5.49. The van der Waals surface area contributed by atoms with Gasteiger partial charge in [0.1, 0.15) is 0 Å². The number of aryl methyl sites for hydroxylation is 1. The first-order valence-corrected chi connectivity index (χ1v) is 9.46. The highest BCUT2D eigenvalue weighted by Crippen LogP contribution is 2.33. The number of carbonyl (C=O) groups is 1. The molecule has 3 nitrogen and oxygen atoms in total. The fourth-order valence-electron chi connectivity index (χ4n) is 3.55. The molecule has 1 saturated heterocycles. The molecule has 3 rings (SSSR count). The van der Waals surface area contributed by atoms with Crippen molar-refractivity contribution in [3.05, 3.63) is 35.4 Å². The first kappa shape index (κ1) is 15.9. The van der Waals surface area contributed by atoms with E-state index in [2.05, 4.69) is 29.6 Å². The third-order valence-electron chi connectivity index (χ3n) is 4.96. The van der Waals surface area contributed by atoms with Crippen LogP contribution in [0.3, 0.4) is 0 Å². The van der Waals surface area contributed by atoms with Crippen molar-refractivity contribution in [2.24, 2.45) is 0 Å². The topological polar surface area (TPSA) is 49.3 Å². The number of hydrogen-bond acceptors (Lipinski definition) is 3. The average Bonchev–Trinajstić information content (AvgIpc) is 2.54. The van der Waals surface area contributed by atoms with Gasteiger partial charge in [-0.1, -0.05) is 24.3 Å². The minimum atomic E-state index is -0.689. The van der Waals surface area contributed by atoms with Gasteiger partial charge >= 0.3 is 0 Å². The summed E-state index contributed by atoms with van der Waals surface area (Å²) in [4.78, 5) is 12.3. The van der Waals surface area contributed by atoms with E-state index >= 15 is 0 Å². The molecule has 1 unspecified atom stereocenters. The van der Waals surface area contributed by atoms with Crippen LogP contribution in [0.15, 0.2) is 24.3 Å². The molecule has 1 aromatic carbocycles. The Labute approximate surface area is 136 Å².